The van der Waals surface area contributed by atoms with Crippen LogP contribution in [0, 0.1) is 0 Å². The number of nitrogens with zero attached hydrogens (tertiary/aromatic N) is 2. The number of aromatic nitrogens is 2. The number of H-pyrrole nitrogens is 1. The Morgan fingerprint density at radius 1 is 1.60 bits per heavy atom. The Morgan fingerprint density at radius 2 is 2.20 bits per heavy atom. The summed E-state index contributed by atoms with van der Waals surface area (Å²) in [4.78, 5) is 17.8. The predicted molar refractivity (Wildman–Crippen MR) is 53.7 cm³/mol. The van der Waals surface area contributed by atoms with Crippen LogP contribution in [0.2, 0.25) is 0 Å². The van der Waals surface area contributed by atoms with E-state index in [0.717, 1.165) is 5.69 Å². The van der Waals surface area contributed by atoms with E-state index in [1.165, 1.54) is 0 Å². The smallest absolute Gasteiger partial charge is 0.362 e. The minimum absolute atomic E-state index is 0. The van der Waals surface area contributed by atoms with Gasteiger partial charge in [-0.1, -0.05) is 0 Å². The first-order valence-corrected chi connectivity index (χ1v) is 4.42. The van der Waals surface area contributed by atoms with E-state index < -0.39 is 12.0 Å². The summed E-state index contributed by atoms with van der Waals surface area (Å²) >= 11 is 0. The molecule has 6 nitrogen and oxygen atoms in total. The fourth-order valence-electron chi connectivity index (χ4n) is 1.30. The highest BCUT2D eigenvalue weighted by atomic mass is 16.4. The van der Waals surface area contributed by atoms with Gasteiger partial charge in [0.1, 0.15) is 0 Å². The molecule has 0 fully saturated rings. The molecule has 15 heavy (non-hydrogen) atoms. The van der Waals surface area contributed by atoms with Crippen molar-refractivity contribution in [2.24, 2.45) is 0 Å². The third-order valence-corrected chi connectivity index (χ3v) is 2.19. The van der Waals surface area contributed by atoms with Gasteiger partial charge in [-0.15, -0.1) is 0 Å². The van der Waals surface area contributed by atoms with Gasteiger partial charge in [-0.25, -0.2) is 9.78 Å². The lowest BCUT2D eigenvalue weighted by Gasteiger charge is -2.30. The first kappa shape index (κ1) is 13.6. The Balaban J connectivity index is 0.00000196. The van der Waals surface area contributed by atoms with E-state index in [4.69, 9.17) is 5.11 Å². The molecule has 0 spiro atoms. The van der Waals surface area contributed by atoms with Crippen LogP contribution in [0.25, 0.3) is 0 Å². The number of rotatable bonds is 4. The molecule has 0 amide bonds. The number of imidazole rings is 1. The lowest BCUT2D eigenvalue weighted by molar-refractivity contribution is -0.887. The fraction of sp³-hybridized carbons (Fsp3) is 0.556. The maximum Gasteiger partial charge on any atom is 0.362 e. The van der Waals surface area contributed by atoms with Crippen molar-refractivity contribution in [1.82, 2.24) is 9.97 Å². The average molecular weight is 215 g/mol. The second-order valence-electron chi connectivity index (χ2n) is 4.25. The van der Waals surface area contributed by atoms with Gasteiger partial charge in [0, 0.05) is 11.9 Å². The summed E-state index contributed by atoms with van der Waals surface area (Å²) in [6.45, 7) is 0. The molecule has 1 aromatic rings. The molecular weight excluding hydrogens is 198 g/mol. The molecule has 3 N–H and O–H groups in total. The van der Waals surface area contributed by atoms with Gasteiger partial charge in [0.2, 0.25) is 0 Å². The van der Waals surface area contributed by atoms with E-state index in [1.807, 2.05) is 21.1 Å². The third-order valence-electron chi connectivity index (χ3n) is 2.19. The van der Waals surface area contributed by atoms with E-state index in [2.05, 4.69) is 9.97 Å². The van der Waals surface area contributed by atoms with E-state index in [1.54, 1.807) is 12.5 Å². The molecule has 1 heterocycles. The summed E-state index contributed by atoms with van der Waals surface area (Å²) in [5.74, 6) is -0.785. The second kappa shape index (κ2) is 4.90. The third kappa shape index (κ3) is 3.69. The molecule has 0 aromatic carbocycles. The Labute approximate surface area is 88.5 Å². The summed E-state index contributed by atoms with van der Waals surface area (Å²) in [7, 11) is 5.61. The van der Waals surface area contributed by atoms with Crippen LogP contribution in [0.5, 0.6) is 0 Å². The molecule has 0 bridgehead atoms. The lowest BCUT2D eigenvalue weighted by Crippen LogP contribution is -2.51. The molecule has 0 aliphatic carbocycles. The first-order chi connectivity index (χ1) is 6.41. The SMILES string of the molecule is C[N+](C)(C)[C@@H](Cc1cnc[nH]1)C(=O)O.[OH-]. The number of carboxylic acids is 1. The van der Waals surface area contributed by atoms with Gasteiger partial charge in [0.05, 0.1) is 33.9 Å². The van der Waals surface area contributed by atoms with Crippen LogP contribution in [0.4, 0.5) is 0 Å². The number of aliphatic carboxylic acids is 1. The van der Waals surface area contributed by atoms with Crippen molar-refractivity contribution >= 4 is 5.97 Å². The second-order valence-corrected chi connectivity index (χ2v) is 4.25. The predicted octanol–water partition coefficient (Wildman–Crippen LogP) is -0.0652. The van der Waals surface area contributed by atoms with E-state index in [0.29, 0.717) is 10.9 Å². The highest BCUT2D eigenvalue weighted by molar-refractivity contribution is 5.72. The number of likely N-dealkylation sites (N-methyl/N-ethyl adjacent to an activating group) is 1. The zero-order valence-electron chi connectivity index (χ0n) is 9.14. The van der Waals surface area contributed by atoms with Gasteiger partial charge in [-0.2, -0.15) is 0 Å². The minimum atomic E-state index is -0.785. The zero-order valence-corrected chi connectivity index (χ0v) is 9.14. The van der Waals surface area contributed by atoms with Crippen molar-refractivity contribution in [3.05, 3.63) is 18.2 Å². The average Bonchev–Trinajstić information content (AvgIpc) is 2.48. The number of aromatic amines is 1. The molecule has 1 atom stereocenters. The molecule has 0 unspecified atom stereocenters. The normalized spacial score (nSPS) is 13.0. The zero-order chi connectivity index (χ0) is 10.8. The molecule has 6 heteroatoms. The van der Waals surface area contributed by atoms with Crippen LogP contribution < -0.4 is 0 Å². The van der Waals surface area contributed by atoms with Crippen molar-refractivity contribution in [2.45, 2.75) is 12.5 Å². The standard InChI is InChI=1S/C9H15N3O2.H2O/c1-12(2,3)8(9(13)14)4-7-5-10-6-11-7;/h5-6,8H,4H2,1-3H3,(H-,10,11,13,14);1H2/t8-;/m0./s1. The molecule has 0 radical (unpaired) electrons. The first-order valence-electron chi connectivity index (χ1n) is 4.42. The van der Waals surface area contributed by atoms with Crippen LogP contribution >= 0.6 is 0 Å². The Hall–Kier alpha value is -1.40. The summed E-state index contributed by atoms with van der Waals surface area (Å²) < 4.78 is 0.397. The van der Waals surface area contributed by atoms with E-state index in [-0.39, 0.29) is 5.48 Å². The molecule has 0 aliphatic rings. The van der Waals surface area contributed by atoms with Gasteiger partial charge in [-0.05, 0) is 0 Å². The molecule has 1 rings (SSSR count). The van der Waals surface area contributed by atoms with Gasteiger partial charge in [0.25, 0.3) is 0 Å². The maximum absolute atomic E-state index is 11.0. The van der Waals surface area contributed by atoms with Crippen LogP contribution in [0.1, 0.15) is 5.69 Å². The van der Waals surface area contributed by atoms with Crippen molar-refractivity contribution in [3.63, 3.8) is 0 Å². The van der Waals surface area contributed by atoms with Crippen molar-refractivity contribution in [3.8, 4) is 0 Å². The number of hydrogen-bond acceptors (Lipinski definition) is 3. The summed E-state index contributed by atoms with van der Waals surface area (Å²) in [6, 6.07) is -0.449. The molecule has 1 aromatic heterocycles. The largest absolute Gasteiger partial charge is 0.870 e. The quantitative estimate of drug-likeness (QED) is 0.687. The van der Waals surface area contributed by atoms with Crippen LogP contribution in [-0.4, -0.2) is 58.2 Å². The van der Waals surface area contributed by atoms with Crippen LogP contribution in [0.15, 0.2) is 12.5 Å². The van der Waals surface area contributed by atoms with Gasteiger partial charge >= 0.3 is 5.97 Å². The highest BCUT2D eigenvalue weighted by Gasteiger charge is 2.31. The molecule has 0 saturated heterocycles. The number of nitrogens with one attached hydrogen (secondary N) is 1. The van der Waals surface area contributed by atoms with Crippen LogP contribution in [0.3, 0.4) is 0 Å². The maximum atomic E-state index is 11.0. The topological polar surface area (TPSA) is 96.0 Å². The van der Waals surface area contributed by atoms with Crippen molar-refractivity contribution in [2.75, 3.05) is 21.1 Å². The lowest BCUT2D eigenvalue weighted by atomic mass is 10.1. The monoisotopic (exact) mass is 215 g/mol. The van der Waals surface area contributed by atoms with Crippen molar-refractivity contribution in [1.29, 1.82) is 0 Å². The Bertz CT molecular complexity index is 303. The van der Waals surface area contributed by atoms with Crippen LogP contribution in [-0.2, 0) is 11.2 Å². The molecule has 86 valence electrons. The van der Waals surface area contributed by atoms with E-state index >= 15 is 0 Å². The summed E-state index contributed by atoms with van der Waals surface area (Å²) in [6.07, 6.45) is 3.69. The number of quaternary nitrogens is 1. The molecule has 0 aliphatic heterocycles. The molecule has 0 saturated carbocycles. The van der Waals surface area contributed by atoms with Gasteiger partial charge in [-0.3, -0.25) is 0 Å². The Morgan fingerprint density at radius 3 is 2.53 bits per heavy atom. The van der Waals surface area contributed by atoms with E-state index in [9.17, 15) is 4.79 Å². The highest BCUT2D eigenvalue weighted by Crippen LogP contribution is 2.09. The van der Waals surface area contributed by atoms with Gasteiger partial charge in [0.15, 0.2) is 6.04 Å². The Kier molecular flexibility index (Phi) is 4.44. The van der Waals surface area contributed by atoms with Gasteiger partial charge < -0.3 is 20.0 Å². The fourth-order valence-corrected chi connectivity index (χ4v) is 1.30. The minimum Gasteiger partial charge on any atom is -0.870 e. The number of carboxylic acid groups (broad SMARTS) is 1. The van der Waals surface area contributed by atoms with Crippen molar-refractivity contribution < 1.29 is 19.9 Å². The number of carbonyl (C=O) groups is 1. The summed E-state index contributed by atoms with van der Waals surface area (Å²) in [5, 5.41) is 9.06. The molecular formula is C9H17N3O3. The number of hydrogen-bond donors (Lipinski definition) is 2. The summed E-state index contributed by atoms with van der Waals surface area (Å²) in [5.41, 5.74) is 0.852.